The third-order valence-electron chi connectivity index (χ3n) is 2.65. The van der Waals surface area contributed by atoms with Gasteiger partial charge in [-0.2, -0.15) is 0 Å². The fourth-order valence-corrected chi connectivity index (χ4v) is 1.43. The SMILES string of the molecule is CCNc1cc(NCC(C)(C)OC)nc(COC)n1. The van der Waals surface area contributed by atoms with E-state index in [4.69, 9.17) is 9.47 Å². The summed E-state index contributed by atoms with van der Waals surface area (Å²) in [5, 5.41) is 6.44. The van der Waals surface area contributed by atoms with Crippen molar-refractivity contribution in [2.45, 2.75) is 33.0 Å². The van der Waals surface area contributed by atoms with Crippen LogP contribution in [0.4, 0.5) is 11.6 Å². The topological polar surface area (TPSA) is 68.3 Å². The molecule has 0 aliphatic carbocycles. The Morgan fingerprint density at radius 3 is 2.32 bits per heavy atom. The first kappa shape index (κ1) is 15.7. The van der Waals surface area contributed by atoms with E-state index in [0.717, 1.165) is 18.2 Å². The van der Waals surface area contributed by atoms with Gasteiger partial charge in [-0.1, -0.05) is 0 Å². The van der Waals surface area contributed by atoms with Gasteiger partial charge in [0.25, 0.3) is 0 Å². The number of hydrogen-bond acceptors (Lipinski definition) is 6. The smallest absolute Gasteiger partial charge is 0.158 e. The van der Waals surface area contributed by atoms with E-state index in [1.165, 1.54) is 0 Å². The molecular formula is C13H24N4O2. The van der Waals surface area contributed by atoms with Gasteiger partial charge < -0.3 is 20.1 Å². The van der Waals surface area contributed by atoms with Gasteiger partial charge in [0.15, 0.2) is 5.82 Å². The van der Waals surface area contributed by atoms with Crippen molar-refractivity contribution in [3.63, 3.8) is 0 Å². The molecule has 1 aromatic heterocycles. The molecule has 1 heterocycles. The highest BCUT2D eigenvalue weighted by molar-refractivity contribution is 5.47. The van der Waals surface area contributed by atoms with Crippen LogP contribution in [0.5, 0.6) is 0 Å². The summed E-state index contributed by atoms with van der Waals surface area (Å²) in [7, 11) is 3.33. The summed E-state index contributed by atoms with van der Waals surface area (Å²) in [6, 6.07) is 1.88. The molecule has 0 unspecified atom stereocenters. The minimum Gasteiger partial charge on any atom is -0.377 e. The molecule has 1 aromatic rings. The standard InChI is InChI=1S/C13H24N4O2/c1-6-14-10-7-11(15-9-13(2,3)19-5)17-12(16-10)8-18-4/h7H,6,8-9H2,1-5H3,(H2,14,15,16,17). The van der Waals surface area contributed by atoms with Gasteiger partial charge in [0.2, 0.25) is 0 Å². The average molecular weight is 268 g/mol. The van der Waals surface area contributed by atoms with E-state index >= 15 is 0 Å². The van der Waals surface area contributed by atoms with Gasteiger partial charge in [-0.3, -0.25) is 0 Å². The van der Waals surface area contributed by atoms with Gasteiger partial charge in [-0.25, -0.2) is 9.97 Å². The molecular weight excluding hydrogens is 244 g/mol. The van der Waals surface area contributed by atoms with Crippen LogP contribution in [0, 0.1) is 0 Å². The summed E-state index contributed by atoms with van der Waals surface area (Å²) in [5.41, 5.74) is -0.245. The Balaban J connectivity index is 2.80. The Hall–Kier alpha value is -1.40. The molecule has 0 spiro atoms. The maximum atomic E-state index is 5.37. The molecule has 0 fully saturated rings. The maximum Gasteiger partial charge on any atom is 0.158 e. The summed E-state index contributed by atoms with van der Waals surface area (Å²) >= 11 is 0. The van der Waals surface area contributed by atoms with Crippen LogP contribution in [0.2, 0.25) is 0 Å². The number of methoxy groups -OCH3 is 2. The lowest BCUT2D eigenvalue weighted by molar-refractivity contribution is 0.0343. The van der Waals surface area contributed by atoms with Crippen LogP contribution in [0.1, 0.15) is 26.6 Å². The van der Waals surface area contributed by atoms with E-state index in [1.807, 2.05) is 26.8 Å². The fraction of sp³-hybridized carbons (Fsp3) is 0.692. The molecule has 0 amide bonds. The number of anilines is 2. The van der Waals surface area contributed by atoms with E-state index in [1.54, 1.807) is 14.2 Å². The third-order valence-corrected chi connectivity index (χ3v) is 2.65. The van der Waals surface area contributed by atoms with Crippen LogP contribution in [-0.2, 0) is 16.1 Å². The molecule has 6 heteroatoms. The molecule has 0 aliphatic rings. The lowest BCUT2D eigenvalue weighted by Crippen LogP contribution is -2.32. The van der Waals surface area contributed by atoms with Gasteiger partial charge in [0, 0.05) is 33.4 Å². The Labute approximate surface area is 114 Å². The van der Waals surface area contributed by atoms with Gasteiger partial charge in [-0.15, -0.1) is 0 Å². The van der Waals surface area contributed by atoms with E-state index in [2.05, 4.69) is 20.6 Å². The number of nitrogens with one attached hydrogen (secondary N) is 2. The third kappa shape index (κ3) is 5.40. The molecule has 6 nitrogen and oxygen atoms in total. The van der Waals surface area contributed by atoms with Gasteiger partial charge >= 0.3 is 0 Å². The zero-order chi connectivity index (χ0) is 14.3. The van der Waals surface area contributed by atoms with Crippen molar-refractivity contribution in [1.82, 2.24) is 9.97 Å². The molecule has 0 aromatic carbocycles. The Morgan fingerprint density at radius 2 is 1.79 bits per heavy atom. The van der Waals surface area contributed by atoms with Crippen molar-refractivity contribution in [2.75, 3.05) is 37.9 Å². The van der Waals surface area contributed by atoms with E-state index in [0.29, 0.717) is 19.0 Å². The molecule has 0 saturated carbocycles. The summed E-state index contributed by atoms with van der Waals surface area (Å²) < 4.78 is 10.4. The molecule has 0 saturated heterocycles. The molecule has 108 valence electrons. The molecule has 1 rings (SSSR count). The van der Waals surface area contributed by atoms with Crippen LogP contribution in [0.3, 0.4) is 0 Å². The van der Waals surface area contributed by atoms with E-state index in [9.17, 15) is 0 Å². The van der Waals surface area contributed by atoms with Crippen LogP contribution < -0.4 is 10.6 Å². The quantitative estimate of drug-likeness (QED) is 0.750. The monoisotopic (exact) mass is 268 g/mol. The lowest BCUT2D eigenvalue weighted by Gasteiger charge is -2.23. The number of rotatable bonds is 8. The summed E-state index contributed by atoms with van der Waals surface area (Å²) in [6.07, 6.45) is 0. The lowest BCUT2D eigenvalue weighted by atomic mass is 10.1. The minimum atomic E-state index is -0.245. The highest BCUT2D eigenvalue weighted by Crippen LogP contribution is 2.14. The predicted molar refractivity (Wildman–Crippen MR) is 76.5 cm³/mol. The zero-order valence-electron chi connectivity index (χ0n) is 12.4. The molecule has 2 N–H and O–H groups in total. The number of aromatic nitrogens is 2. The number of nitrogens with zero attached hydrogens (tertiary/aromatic N) is 2. The molecule has 0 aliphatic heterocycles. The Bertz CT molecular complexity index is 372. The van der Waals surface area contributed by atoms with Gasteiger partial charge in [0.1, 0.15) is 18.2 Å². The van der Waals surface area contributed by atoms with Crippen molar-refractivity contribution in [1.29, 1.82) is 0 Å². The second-order valence-corrected chi connectivity index (χ2v) is 4.84. The second kappa shape index (κ2) is 7.25. The second-order valence-electron chi connectivity index (χ2n) is 4.84. The predicted octanol–water partition coefficient (Wildman–Crippen LogP) is 1.89. The molecule has 19 heavy (non-hydrogen) atoms. The molecule has 0 atom stereocenters. The van der Waals surface area contributed by atoms with Crippen molar-refractivity contribution < 1.29 is 9.47 Å². The molecule has 0 radical (unpaired) electrons. The first-order valence-corrected chi connectivity index (χ1v) is 6.40. The Kier molecular flexibility index (Phi) is 5.98. The number of ether oxygens (including phenoxy) is 2. The van der Waals surface area contributed by atoms with Crippen molar-refractivity contribution in [2.24, 2.45) is 0 Å². The van der Waals surface area contributed by atoms with Crippen molar-refractivity contribution in [3.8, 4) is 0 Å². The Morgan fingerprint density at radius 1 is 1.16 bits per heavy atom. The van der Waals surface area contributed by atoms with Crippen LogP contribution in [0.15, 0.2) is 6.07 Å². The minimum absolute atomic E-state index is 0.245. The normalized spacial score (nSPS) is 11.4. The fourth-order valence-electron chi connectivity index (χ4n) is 1.43. The largest absolute Gasteiger partial charge is 0.377 e. The van der Waals surface area contributed by atoms with E-state index in [-0.39, 0.29) is 5.60 Å². The van der Waals surface area contributed by atoms with E-state index < -0.39 is 0 Å². The number of hydrogen-bond donors (Lipinski definition) is 2. The maximum absolute atomic E-state index is 5.37. The summed E-state index contributed by atoms with van der Waals surface area (Å²) in [4.78, 5) is 8.76. The zero-order valence-corrected chi connectivity index (χ0v) is 12.4. The van der Waals surface area contributed by atoms with Crippen LogP contribution in [-0.4, -0.2) is 42.9 Å². The summed E-state index contributed by atoms with van der Waals surface area (Å²) in [5.74, 6) is 2.21. The average Bonchev–Trinajstić information content (AvgIpc) is 2.37. The van der Waals surface area contributed by atoms with Crippen molar-refractivity contribution >= 4 is 11.6 Å². The molecule has 0 bridgehead atoms. The van der Waals surface area contributed by atoms with Gasteiger partial charge in [0.05, 0.1) is 5.60 Å². The van der Waals surface area contributed by atoms with Crippen LogP contribution in [0.25, 0.3) is 0 Å². The summed E-state index contributed by atoms with van der Waals surface area (Å²) in [6.45, 7) is 7.93. The van der Waals surface area contributed by atoms with Crippen molar-refractivity contribution in [3.05, 3.63) is 11.9 Å². The highest BCUT2D eigenvalue weighted by Gasteiger charge is 2.16. The highest BCUT2D eigenvalue weighted by atomic mass is 16.5. The van der Waals surface area contributed by atoms with Crippen LogP contribution >= 0.6 is 0 Å². The first-order chi connectivity index (χ1) is 9.00. The van der Waals surface area contributed by atoms with Gasteiger partial charge in [-0.05, 0) is 20.8 Å². The first-order valence-electron chi connectivity index (χ1n) is 6.40.